The van der Waals surface area contributed by atoms with Gasteiger partial charge in [-0.3, -0.25) is 4.79 Å². The molecule has 0 atom stereocenters. The number of carbonyl (C=O) groups is 1. The van der Waals surface area contributed by atoms with Gasteiger partial charge in [0, 0.05) is 5.56 Å². The van der Waals surface area contributed by atoms with Crippen molar-refractivity contribution >= 4 is 11.5 Å². The van der Waals surface area contributed by atoms with Gasteiger partial charge in [0.2, 0.25) is 0 Å². The van der Waals surface area contributed by atoms with Crippen molar-refractivity contribution in [1.82, 2.24) is 0 Å². The molecule has 74 valence electrons. The highest BCUT2D eigenvalue weighted by molar-refractivity contribution is 5.77. The largest absolute Gasteiger partial charge is 0.487 e. The van der Waals surface area contributed by atoms with Crippen molar-refractivity contribution in [2.45, 2.75) is 6.92 Å². The molecule has 4 nitrogen and oxygen atoms in total. The van der Waals surface area contributed by atoms with E-state index < -0.39 is 0 Å². The van der Waals surface area contributed by atoms with Crippen LogP contribution in [-0.2, 0) is 4.79 Å². The smallest absolute Gasteiger partial charge is 0.192 e. The molecule has 0 radical (unpaired) electrons. The standard InChI is InChI=1S/C11H8N2O2/c1-8(14)7-15-11-4-9(6-12)3-10(5-11)13-2/h3-5H,7H2,1H3. The topological polar surface area (TPSA) is 54.4 Å². The van der Waals surface area contributed by atoms with Crippen LogP contribution in [0.2, 0.25) is 0 Å². The molecule has 1 rings (SSSR count). The lowest BCUT2D eigenvalue weighted by atomic mass is 10.2. The van der Waals surface area contributed by atoms with Crippen LogP contribution in [0.3, 0.4) is 0 Å². The van der Waals surface area contributed by atoms with E-state index in [9.17, 15) is 4.79 Å². The Morgan fingerprint density at radius 1 is 1.60 bits per heavy atom. The summed E-state index contributed by atoms with van der Waals surface area (Å²) in [6, 6.07) is 6.38. The Hall–Kier alpha value is -2.33. The first-order valence-electron chi connectivity index (χ1n) is 4.20. The van der Waals surface area contributed by atoms with Crippen LogP contribution < -0.4 is 4.74 Å². The zero-order valence-electron chi connectivity index (χ0n) is 8.15. The van der Waals surface area contributed by atoms with Crippen molar-refractivity contribution in [3.63, 3.8) is 0 Å². The molecule has 4 heteroatoms. The highest BCUT2D eigenvalue weighted by atomic mass is 16.5. The maximum Gasteiger partial charge on any atom is 0.192 e. The minimum Gasteiger partial charge on any atom is -0.487 e. The number of rotatable bonds is 3. The van der Waals surface area contributed by atoms with Crippen LogP contribution >= 0.6 is 0 Å². The van der Waals surface area contributed by atoms with E-state index in [0.717, 1.165) is 0 Å². The SMILES string of the molecule is [C-]#[N+]c1cc(C#N)cc(OCC(C)=O)c1. The van der Waals surface area contributed by atoms with E-state index in [1.54, 1.807) is 0 Å². The Morgan fingerprint density at radius 2 is 2.33 bits per heavy atom. The lowest BCUT2D eigenvalue weighted by Crippen LogP contribution is -2.06. The van der Waals surface area contributed by atoms with Crippen molar-refractivity contribution in [1.29, 1.82) is 5.26 Å². The lowest BCUT2D eigenvalue weighted by molar-refractivity contribution is -0.118. The van der Waals surface area contributed by atoms with Crippen LogP contribution in [0.5, 0.6) is 5.75 Å². The van der Waals surface area contributed by atoms with Gasteiger partial charge in [0.25, 0.3) is 0 Å². The van der Waals surface area contributed by atoms with Gasteiger partial charge in [-0.05, 0) is 25.1 Å². The minimum atomic E-state index is -0.110. The number of nitriles is 1. The van der Waals surface area contributed by atoms with Crippen LogP contribution in [0.25, 0.3) is 4.85 Å². The van der Waals surface area contributed by atoms with Crippen molar-refractivity contribution in [2.75, 3.05) is 6.61 Å². The number of Topliss-reactive ketones (excluding diaryl/α,β-unsaturated/α-hetero) is 1. The number of benzene rings is 1. The summed E-state index contributed by atoms with van der Waals surface area (Å²) < 4.78 is 5.11. The molecule has 0 aliphatic heterocycles. The molecular formula is C11H8N2O2. The van der Waals surface area contributed by atoms with Gasteiger partial charge < -0.3 is 4.74 Å². The summed E-state index contributed by atoms with van der Waals surface area (Å²) >= 11 is 0. The molecule has 0 bridgehead atoms. The monoisotopic (exact) mass is 200 g/mol. The minimum absolute atomic E-state index is 0.0493. The van der Waals surface area contributed by atoms with E-state index in [1.165, 1.54) is 25.1 Å². The zero-order valence-corrected chi connectivity index (χ0v) is 8.15. The first-order chi connectivity index (χ1) is 7.15. The van der Waals surface area contributed by atoms with Crippen molar-refractivity contribution in [3.8, 4) is 11.8 Å². The molecule has 0 heterocycles. The van der Waals surface area contributed by atoms with Crippen molar-refractivity contribution in [2.24, 2.45) is 0 Å². The van der Waals surface area contributed by atoms with Crippen LogP contribution in [-0.4, -0.2) is 12.4 Å². The number of ether oxygens (including phenoxy) is 1. The average Bonchev–Trinajstić information content (AvgIpc) is 2.25. The molecule has 1 aromatic carbocycles. The Balaban J connectivity index is 2.94. The molecule has 0 aliphatic rings. The van der Waals surface area contributed by atoms with E-state index in [0.29, 0.717) is 17.0 Å². The summed E-state index contributed by atoms with van der Waals surface area (Å²) in [4.78, 5) is 13.9. The summed E-state index contributed by atoms with van der Waals surface area (Å²) in [7, 11) is 0. The molecule has 0 saturated heterocycles. The van der Waals surface area contributed by atoms with Crippen LogP contribution in [0.1, 0.15) is 12.5 Å². The van der Waals surface area contributed by atoms with Crippen LogP contribution in [0.4, 0.5) is 5.69 Å². The maximum absolute atomic E-state index is 10.7. The maximum atomic E-state index is 10.7. The van der Waals surface area contributed by atoms with Crippen LogP contribution in [0, 0.1) is 17.9 Å². The first-order valence-corrected chi connectivity index (χ1v) is 4.20. The fourth-order valence-electron chi connectivity index (χ4n) is 0.981. The van der Waals surface area contributed by atoms with Crippen LogP contribution in [0.15, 0.2) is 18.2 Å². The summed E-state index contributed by atoms with van der Waals surface area (Å²) in [5.41, 5.74) is 0.676. The first kappa shape index (κ1) is 10.7. The molecule has 0 fully saturated rings. The van der Waals surface area contributed by atoms with Gasteiger partial charge in [-0.2, -0.15) is 5.26 Å². The van der Waals surface area contributed by atoms with Crippen molar-refractivity contribution < 1.29 is 9.53 Å². The normalized spacial score (nSPS) is 8.73. The molecular weight excluding hydrogens is 192 g/mol. The predicted molar refractivity (Wildman–Crippen MR) is 53.6 cm³/mol. The Bertz CT molecular complexity index is 434. The highest BCUT2D eigenvalue weighted by Gasteiger charge is 2.02. The molecule has 0 amide bonds. The second-order valence-corrected chi connectivity index (χ2v) is 2.93. The van der Waals surface area contributed by atoms with Crippen molar-refractivity contribution in [3.05, 3.63) is 35.2 Å². The number of hydrogen-bond acceptors (Lipinski definition) is 3. The Morgan fingerprint density at radius 3 is 2.87 bits per heavy atom. The number of nitrogens with zero attached hydrogens (tertiary/aromatic N) is 2. The summed E-state index contributed by atoms with van der Waals surface area (Å²) in [5.74, 6) is 0.261. The Labute approximate surface area is 87.5 Å². The van der Waals surface area contributed by atoms with E-state index in [-0.39, 0.29) is 12.4 Å². The van der Waals surface area contributed by atoms with Gasteiger partial charge >= 0.3 is 0 Å². The summed E-state index contributed by atoms with van der Waals surface area (Å²) in [6.07, 6.45) is 0. The fourth-order valence-corrected chi connectivity index (χ4v) is 0.981. The van der Waals surface area contributed by atoms with E-state index in [4.69, 9.17) is 16.6 Å². The number of ketones is 1. The second-order valence-electron chi connectivity index (χ2n) is 2.93. The highest BCUT2D eigenvalue weighted by Crippen LogP contribution is 2.22. The van der Waals surface area contributed by atoms with E-state index in [1.807, 2.05) is 6.07 Å². The molecule has 15 heavy (non-hydrogen) atoms. The average molecular weight is 200 g/mol. The molecule has 0 aliphatic carbocycles. The third kappa shape index (κ3) is 3.13. The van der Waals surface area contributed by atoms with Gasteiger partial charge in [-0.15, -0.1) is 0 Å². The van der Waals surface area contributed by atoms with Gasteiger partial charge in [0.1, 0.15) is 12.4 Å². The van der Waals surface area contributed by atoms with Gasteiger partial charge in [-0.1, -0.05) is 0 Å². The number of carbonyl (C=O) groups excluding carboxylic acids is 1. The fraction of sp³-hybridized carbons (Fsp3) is 0.182. The quantitative estimate of drug-likeness (QED) is 0.702. The molecule has 0 aromatic heterocycles. The van der Waals surface area contributed by atoms with E-state index >= 15 is 0 Å². The summed E-state index contributed by atoms with van der Waals surface area (Å²) in [6.45, 7) is 8.18. The van der Waals surface area contributed by atoms with Gasteiger partial charge in [-0.25, -0.2) is 4.85 Å². The summed E-state index contributed by atoms with van der Waals surface area (Å²) in [5, 5.41) is 8.68. The van der Waals surface area contributed by atoms with E-state index in [2.05, 4.69) is 4.85 Å². The Kier molecular flexibility index (Phi) is 3.43. The lowest BCUT2D eigenvalue weighted by Gasteiger charge is -2.04. The second kappa shape index (κ2) is 4.78. The molecule has 0 N–H and O–H groups in total. The zero-order chi connectivity index (χ0) is 11.3. The third-order valence-corrected chi connectivity index (χ3v) is 1.59. The molecule has 0 saturated carbocycles. The number of hydrogen-bond donors (Lipinski definition) is 0. The molecule has 0 spiro atoms. The molecule has 0 unspecified atom stereocenters. The predicted octanol–water partition coefficient (Wildman–Crippen LogP) is 2.08. The van der Waals surface area contributed by atoms with Gasteiger partial charge in [0.05, 0.1) is 12.6 Å². The van der Waals surface area contributed by atoms with Gasteiger partial charge in [0.15, 0.2) is 11.5 Å². The molecule has 1 aromatic rings. The third-order valence-electron chi connectivity index (χ3n) is 1.59.